The second-order valence-electron chi connectivity index (χ2n) is 16.8. The zero-order valence-electron chi connectivity index (χ0n) is 44.4. The van der Waals surface area contributed by atoms with E-state index in [1.165, 1.54) is 4.68 Å². The number of allylic oxidation sites excluding steroid dienone is 1. The molecular weight excluding hydrogens is 988 g/mol. The number of hydrogen-bond acceptors (Lipinski definition) is 14. The number of carboxylic acid groups (broad SMARTS) is 1. The molecule has 2 aromatic heterocycles. The number of benzene rings is 6. The Kier molecular flexibility index (Phi) is 25.6. The monoisotopic (exact) mass is 1050 g/mol. The molecular formula is C59H61BLiN5O12. The molecule has 19 heteroatoms. The van der Waals surface area contributed by atoms with Gasteiger partial charge in [-0.1, -0.05) is 103 Å². The van der Waals surface area contributed by atoms with Gasteiger partial charge < -0.3 is 44.3 Å². The van der Waals surface area contributed by atoms with Crippen molar-refractivity contribution in [3.63, 3.8) is 0 Å². The first-order valence-electron chi connectivity index (χ1n) is 24.4. The van der Waals surface area contributed by atoms with Gasteiger partial charge in [0.05, 0.1) is 48.1 Å². The average molecular weight is 1050 g/mol. The number of aryl methyl sites for hydroxylation is 2. The Balaban J connectivity index is 0.000000231. The Bertz CT molecular complexity index is 3150. The molecule has 0 unspecified atom stereocenters. The maximum Gasteiger partial charge on any atom is 1.00 e. The van der Waals surface area contributed by atoms with E-state index in [1.54, 1.807) is 55.8 Å². The summed E-state index contributed by atoms with van der Waals surface area (Å²) in [6.07, 6.45) is 1.76. The van der Waals surface area contributed by atoms with Crippen LogP contribution < -0.4 is 38.5 Å². The number of carboxylic acids is 1. The molecule has 0 aliphatic carbocycles. The Morgan fingerprint density at radius 2 is 0.910 bits per heavy atom. The van der Waals surface area contributed by atoms with E-state index in [0.717, 1.165) is 51.0 Å². The van der Waals surface area contributed by atoms with Crippen molar-refractivity contribution in [2.45, 2.75) is 54.4 Å². The number of aromatic carboxylic acids is 1. The van der Waals surface area contributed by atoms with Crippen LogP contribution in [0.3, 0.4) is 0 Å². The molecule has 0 saturated heterocycles. The van der Waals surface area contributed by atoms with Gasteiger partial charge in [0, 0.05) is 5.71 Å². The van der Waals surface area contributed by atoms with Gasteiger partial charge in [-0.05, 0) is 136 Å². The minimum Gasteiger partial charge on any atom is -0.870 e. The van der Waals surface area contributed by atoms with Crippen LogP contribution in [0.15, 0.2) is 193 Å². The molecule has 1 aliphatic heterocycles. The fraction of sp³-hybridized carbons (Fsp3) is 0.186. The first-order valence-corrected chi connectivity index (χ1v) is 24.4. The summed E-state index contributed by atoms with van der Waals surface area (Å²) in [6.45, 7) is 11.7. The second kappa shape index (κ2) is 32.2. The van der Waals surface area contributed by atoms with Crippen molar-refractivity contribution in [2.75, 3.05) is 19.8 Å². The van der Waals surface area contributed by atoms with E-state index in [-0.39, 0.29) is 42.0 Å². The maximum atomic E-state index is 12.1. The summed E-state index contributed by atoms with van der Waals surface area (Å²) < 4.78 is 29.9. The fourth-order valence-corrected chi connectivity index (χ4v) is 7.10. The van der Waals surface area contributed by atoms with Crippen LogP contribution in [0.1, 0.15) is 69.8 Å². The van der Waals surface area contributed by atoms with Crippen LogP contribution in [-0.4, -0.2) is 90.7 Å². The number of ether oxygens (including phenoxy) is 5. The van der Waals surface area contributed by atoms with Crippen LogP contribution >= 0.6 is 0 Å². The molecule has 78 heavy (non-hydrogen) atoms. The normalized spacial score (nSPS) is 10.9. The third kappa shape index (κ3) is 19.6. The van der Waals surface area contributed by atoms with E-state index < -0.39 is 13.1 Å². The van der Waals surface area contributed by atoms with Crippen molar-refractivity contribution in [2.24, 2.45) is 4.99 Å². The Morgan fingerprint density at radius 1 is 0.538 bits per heavy atom. The number of aromatic nitrogens is 4. The van der Waals surface area contributed by atoms with Crippen molar-refractivity contribution < 1.29 is 77.6 Å². The molecule has 0 bridgehead atoms. The van der Waals surface area contributed by atoms with Crippen molar-refractivity contribution in [1.29, 1.82) is 0 Å². The minimum atomic E-state index is -1.42. The van der Waals surface area contributed by atoms with Gasteiger partial charge in [-0.15, -0.1) is 0 Å². The number of carbonyl (C=O) groups is 3. The van der Waals surface area contributed by atoms with E-state index in [1.807, 2.05) is 166 Å². The van der Waals surface area contributed by atoms with Gasteiger partial charge in [-0.2, -0.15) is 10.2 Å². The predicted molar refractivity (Wildman–Crippen MR) is 293 cm³/mol. The van der Waals surface area contributed by atoms with Gasteiger partial charge in [0.2, 0.25) is 0 Å². The second-order valence-corrected chi connectivity index (χ2v) is 16.8. The van der Waals surface area contributed by atoms with Crippen molar-refractivity contribution in [3.05, 3.63) is 227 Å². The molecule has 1 aliphatic rings. The number of rotatable bonds is 17. The molecule has 398 valence electrons. The van der Waals surface area contributed by atoms with Crippen LogP contribution in [0.2, 0.25) is 0 Å². The summed E-state index contributed by atoms with van der Waals surface area (Å²) in [5.41, 5.74) is 8.57. The van der Waals surface area contributed by atoms with Crippen LogP contribution in [0, 0.1) is 13.8 Å². The van der Waals surface area contributed by atoms with Crippen LogP contribution in [0.25, 0.3) is 11.4 Å². The zero-order valence-corrected chi connectivity index (χ0v) is 44.4. The van der Waals surface area contributed by atoms with Gasteiger partial charge in [0.15, 0.2) is 11.4 Å². The third-order valence-corrected chi connectivity index (χ3v) is 10.9. The summed E-state index contributed by atoms with van der Waals surface area (Å²) in [6, 6.07) is 54.3. The quantitative estimate of drug-likeness (QED) is 0.0689. The minimum absolute atomic E-state index is 0. The SMILES string of the molecule is CCOC(=O)C1=CC(C)=NC1.CCOC(=O)c1cc(C)nn1-c1ccc(COc2ccccc2)cc1.Cc1cc(C(=O)O)n(-c2ccc(COc3ccccc3)cc2)n1.OB(O)c1ccc(COc2ccccc2)cc1.[Li+].[OH-]. The van der Waals surface area contributed by atoms with Crippen molar-refractivity contribution in [3.8, 4) is 28.6 Å². The van der Waals surface area contributed by atoms with Gasteiger partial charge >= 0.3 is 43.9 Å². The van der Waals surface area contributed by atoms with Crippen LogP contribution in [-0.2, 0) is 34.1 Å². The average Bonchev–Trinajstić information content (AvgIpc) is 4.19. The smallest absolute Gasteiger partial charge is 0.870 e. The van der Waals surface area contributed by atoms with Gasteiger partial charge in [0.1, 0.15) is 37.1 Å². The van der Waals surface area contributed by atoms with E-state index in [0.29, 0.717) is 67.7 Å². The molecule has 8 aromatic rings. The molecule has 0 atom stereocenters. The summed E-state index contributed by atoms with van der Waals surface area (Å²) >= 11 is 0. The molecule has 0 radical (unpaired) electrons. The van der Waals surface area contributed by atoms with E-state index in [4.69, 9.17) is 33.7 Å². The molecule has 4 N–H and O–H groups in total. The van der Waals surface area contributed by atoms with Gasteiger partial charge in [-0.3, -0.25) is 4.99 Å². The number of hydrogen-bond donors (Lipinski definition) is 3. The fourth-order valence-electron chi connectivity index (χ4n) is 7.10. The first kappa shape index (κ1) is 62.0. The molecule has 9 rings (SSSR count). The first-order chi connectivity index (χ1) is 36.8. The summed E-state index contributed by atoms with van der Waals surface area (Å²) in [4.78, 5) is 38.4. The molecule has 6 aromatic carbocycles. The predicted octanol–water partition coefficient (Wildman–Crippen LogP) is 6.12. The number of para-hydroxylation sites is 3. The maximum absolute atomic E-state index is 12.1. The Hall–Kier alpha value is -8.50. The van der Waals surface area contributed by atoms with E-state index in [9.17, 15) is 19.5 Å². The van der Waals surface area contributed by atoms with E-state index in [2.05, 4.69) is 15.2 Å². The summed E-state index contributed by atoms with van der Waals surface area (Å²) in [7, 11) is -1.42. The number of nitrogens with zero attached hydrogens (tertiary/aromatic N) is 5. The molecule has 17 nitrogen and oxygen atoms in total. The van der Waals surface area contributed by atoms with Crippen LogP contribution in [0.5, 0.6) is 17.2 Å². The molecule has 3 heterocycles. The van der Waals surface area contributed by atoms with Crippen molar-refractivity contribution in [1.82, 2.24) is 19.6 Å². The summed E-state index contributed by atoms with van der Waals surface area (Å²) in [5.74, 6) is 0.847. The standard InChI is InChI=1S/C20H20N2O3.C18H16N2O3.C13H13BO3.C8H11NO2.Li.H2O/c1-3-24-20(23)19-13-15(2)21-22(19)17-11-9-16(10-12-17)14-25-18-7-5-4-6-8-18;1-13-11-17(18(21)22)20(19-13)15-9-7-14(8-10-15)12-23-16-5-3-2-4-6-16;15-14(16)12-8-6-11(7-9-12)10-17-13-4-2-1-3-5-13;1-3-11-8(10)7-4-6(2)9-5-7;;/h4-13H,3,14H2,1-2H3;2-11H,12H2,1H3,(H,21,22);1-9,15-16H,10H2;4H,3,5H2,1-2H3;;1H2/q;;;;+1;/p-1. The molecule has 0 fully saturated rings. The number of esters is 2. The Morgan fingerprint density at radius 3 is 1.27 bits per heavy atom. The molecule has 0 amide bonds. The number of carbonyl (C=O) groups excluding carboxylic acids is 2. The van der Waals surface area contributed by atoms with Crippen LogP contribution in [0.4, 0.5) is 0 Å². The van der Waals surface area contributed by atoms with Gasteiger partial charge in [-0.25, -0.2) is 23.7 Å². The largest absolute Gasteiger partial charge is 1.00 e. The number of aliphatic imine (C=N–C) groups is 1. The summed E-state index contributed by atoms with van der Waals surface area (Å²) in [5, 5.41) is 35.7. The van der Waals surface area contributed by atoms with Crippen molar-refractivity contribution >= 4 is 36.2 Å². The molecule has 0 spiro atoms. The third-order valence-electron chi connectivity index (χ3n) is 10.9. The van der Waals surface area contributed by atoms with Gasteiger partial charge in [0.25, 0.3) is 0 Å². The zero-order chi connectivity index (χ0) is 54.2. The Labute approximate surface area is 466 Å². The molecule has 0 saturated carbocycles. The topological polar surface area (TPSA) is 236 Å². The van der Waals surface area contributed by atoms with E-state index >= 15 is 0 Å².